The Balaban J connectivity index is 2.10. The molecule has 19 heavy (non-hydrogen) atoms. The number of nitrogens with two attached hydrogens (primary N) is 1. The largest absolute Gasteiger partial charge is 0.491 e. The Kier molecular flexibility index (Phi) is 5.25. The van der Waals surface area contributed by atoms with Crippen LogP contribution in [0.2, 0.25) is 0 Å². The second kappa shape index (κ2) is 6.94. The maximum atomic E-state index is 5.97. The van der Waals surface area contributed by atoms with Gasteiger partial charge < -0.3 is 15.4 Å². The van der Waals surface area contributed by atoms with Gasteiger partial charge in [-0.15, -0.1) is 0 Å². The minimum atomic E-state index is 0.723. The van der Waals surface area contributed by atoms with Crippen molar-refractivity contribution in [2.45, 2.75) is 31.9 Å². The van der Waals surface area contributed by atoms with Gasteiger partial charge >= 0.3 is 0 Å². The van der Waals surface area contributed by atoms with E-state index in [2.05, 4.69) is 42.6 Å². The lowest BCUT2D eigenvalue weighted by atomic mass is 10.2. The van der Waals surface area contributed by atoms with Gasteiger partial charge in [-0.25, -0.2) is 0 Å². The van der Waals surface area contributed by atoms with Crippen molar-refractivity contribution in [3.8, 4) is 5.75 Å². The number of hydrogen-bond donors (Lipinski definition) is 1. The van der Waals surface area contributed by atoms with E-state index in [0.717, 1.165) is 42.8 Å². The fraction of sp³-hybridized carbons (Fsp3) is 0.600. The summed E-state index contributed by atoms with van der Waals surface area (Å²) in [6.45, 7) is 7.32. The molecule has 1 unspecified atom stereocenters. The highest BCUT2D eigenvalue weighted by atomic mass is 32.2. The number of thioether (sulfide) groups is 1. The average molecular weight is 280 g/mol. The molecule has 106 valence electrons. The van der Waals surface area contributed by atoms with E-state index in [-0.39, 0.29) is 0 Å². The molecular formula is C15H24N2OS. The highest BCUT2D eigenvalue weighted by Crippen LogP contribution is 2.31. The number of anilines is 2. The summed E-state index contributed by atoms with van der Waals surface area (Å²) in [6, 6.07) is 6.16. The third-order valence-electron chi connectivity index (χ3n) is 3.42. The second-order valence-electron chi connectivity index (χ2n) is 4.92. The average Bonchev–Trinajstić information content (AvgIpc) is 2.46. The summed E-state index contributed by atoms with van der Waals surface area (Å²) in [7, 11) is 0. The summed E-state index contributed by atoms with van der Waals surface area (Å²) >= 11 is 2.09. The molecule has 1 saturated heterocycles. The Morgan fingerprint density at radius 1 is 1.42 bits per heavy atom. The van der Waals surface area contributed by atoms with E-state index >= 15 is 0 Å². The summed E-state index contributed by atoms with van der Waals surface area (Å²) in [5.74, 6) is 2.03. The Bertz CT molecular complexity index is 411. The lowest BCUT2D eigenvalue weighted by molar-refractivity contribution is 0.319. The van der Waals surface area contributed by atoms with Gasteiger partial charge in [-0.1, -0.05) is 13.8 Å². The molecule has 0 spiro atoms. The van der Waals surface area contributed by atoms with Gasteiger partial charge in [0.1, 0.15) is 5.75 Å². The van der Waals surface area contributed by atoms with E-state index in [1.54, 1.807) is 0 Å². The lowest BCUT2D eigenvalue weighted by Crippen LogP contribution is -2.37. The normalized spacial score (nSPS) is 19.5. The third kappa shape index (κ3) is 3.72. The molecule has 0 aromatic heterocycles. The van der Waals surface area contributed by atoms with Gasteiger partial charge in [-0.2, -0.15) is 11.8 Å². The first-order valence-electron chi connectivity index (χ1n) is 7.13. The number of rotatable bonds is 5. The number of benzene rings is 1. The van der Waals surface area contributed by atoms with E-state index < -0.39 is 0 Å². The number of nitrogen functional groups attached to an aromatic ring is 1. The molecule has 1 atom stereocenters. The van der Waals surface area contributed by atoms with Crippen molar-refractivity contribution in [2.75, 3.05) is 36.1 Å². The topological polar surface area (TPSA) is 38.5 Å². The number of nitrogens with zero attached hydrogens (tertiary/aromatic N) is 1. The van der Waals surface area contributed by atoms with Crippen molar-refractivity contribution in [3.63, 3.8) is 0 Å². The van der Waals surface area contributed by atoms with Crippen LogP contribution in [0.25, 0.3) is 0 Å². The first-order valence-corrected chi connectivity index (χ1v) is 8.18. The molecule has 0 aliphatic carbocycles. The SMILES string of the molecule is CCCOc1cc(N2CCSC(CC)C2)ccc1N. The Morgan fingerprint density at radius 2 is 2.26 bits per heavy atom. The van der Waals surface area contributed by atoms with Crippen LogP contribution in [0.4, 0.5) is 11.4 Å². The first kappa shape index (κ1) is 14.4. The van der Waals surface area contributed by atoms with Crippen molar-refractivity contribution in [2.24, 2.45) is 0 Å². The second-order valence-corrected chi connectivity index (χ2v) is 6.33. The highest BCUT2D eigenvalue weighted by Gasteiger charge is 2.19. The third-order valence-corrected chi connectivity index (χ3v) is 4.79. The van der Waals surface area contributed by atoms with Crippen LogP contribution in [0.5, 0.6) is 5.75 Å². The summed E-state index contributed by atoms with van der Waals surface area (Å²) in [5, 5.41) is 0.742. The van der Waals surface area contributed by atoms with E-state index in [4.69, 9.17) is 10.5 Å². The summed E-state index contributed by atoms with van der Waals surface area (Å²) < 4.78 is 5.71. The molecule has 1 fully saturated rings. The van der Waals surface area contributed by atoms with Crippen LogP contribution < -0.4 is 15.4 Å². The summed E-state index contributed by atoms with van der Waals surface area (Å²) in [5.41, 5.74) is 7.93. The minimum absolute atomic E-state index is 0.723. The van der Waals surface area contributed by atoms with Crippen LogP contribution in [0.15, 0.2) is 18.2 Å². The van der Waals surface area contributed by atoms with Crippen molar-refractivity contribution >= 4 is 23.1 Å². The van der Waals surface area contributed by atoms with Gasteiger partial charge in [0, 0.05) is 35.8 Å². The molecule has 0 bridgehead atoms. The molecule has 2 N–H and O–H groups in total. The Hall–Kier alpha value is -1.03. The summed E-state index contributed by atoms with van der Waals surface area (Å²) in [4.78, 5) is 2.45. The van der Waals surface area contributed by atoms with Gasteiger partial charge in [0.2, 0.25) is 0 Å². The maximum absolute atomic E-state index is 5.97. The molecule has 1 heterocycles. The van der Waals surface area contributed by atoms with Crippen molar-refractivity contribution < 1.29 is 4.74 Å². The predicted octanol–water partition coefficient (Wildman–Crippen LogP) is 3.39. The molecule has 4 heteroatoms. The standard InChI is InChI=1S/C15H24N2OS/c1-3-8-18-15-10-12(5-6-14(15)16)17-7-9-19-13(4-2)11-17/h5-6,10,13H,3-4,7-9,11,16H2,1-2H3. The maximum Gasteiger partial charge on any atom is 0.144 e. The molecule has 3 nitrogen and oxygen atoms in total. The Labute approximate surface area is 120 Å². The zero-order valence-electron chi connectivity index (χ0n) is 11.9. The Morgan fingerprint density at radius 3 is 3.00 bits per heavy atom. The zero-order chi connectivity index (χ0) is 13.7. The fourth-order valence-corrected chi connectivity index (χ4v) is 3.44. The van der Waals surface area contributed by atoms with Crippen LogP contribution in [0, 0.1) is 0 Å². The molecule has 0 amide bonds. The van der Waals surface area contributed by atoms with Gasteiger partial charge in [0.05, 0.1) is 12.3 Å². The first-order chi connectivity index (χ1) is 9.24. The molecule has 0 saturated carbocycles. The predicted molar refractivity (Wildman–Crippen MR) is 85.4 cm³/mol. The van der Waals surface area contributed by atoms with Gasteiger partial charge in [-0.05, 0) is 25.0 Å². The van der Waals surface area contributed by atoms with Gasteiger partial charge in [0.15, 0.2) is 0 Å². The molecule has 0 radical (unpaired) electrons. The minimum Gasteiger partial charge on any atom is -0.491 e. The molecular weight excluding hydrogens is 256 g/mol. The van der Waals surface area contributed by atoms with Crippen molar-refractivity contribution in [3.05, 3.63) is 18.2 Å². The van der Waals surface area contributed by atoms with Gasteiger partial charge in [-0.3, -0.25) is 0 Å². The van der Waals surface area contributed by atoms with E-state index in [1.807, 2.05) is 6.07 Å². The number of hydrogen-bond acceptors (Lipinski definition) is 4. The molecule has 1 aliphatic rings. The monoisotopic (exact) mass is 280 g/mol. The van der Waals surface area contributed by atoms with E-state index in [9.17, 15) is 0 Å². The van der Waals surface area contributed by atoms with Crippen LogP contribution in [-0.4, -0.2) is 30.7 Å². The lowest BCUT2D eigenvalue weighted by Gasteiger charge is -2.34. The zero-order valence-corrected chi connectivity index (χ0v) is 12.7. The molecule has 1 aliphatic heterocycles. The summed E-state index contributed by atoms with van der Waals surface area (Å²) in [6.07, 6.45) is 2.23. The fourth-order valence-electron chi connectivity index (χ4n) is 2.26. The van der Waals surface area contributed by atoms with Crippen LogP contribution in [-0.2, 0) is 0 Å². The molecule has 1 aromatic rings. The van der Waals surface area contributed by atoms with Gasteiger partial charge in [0.25, 0.3) is 0 Å². The molecule has 1 aromatic carbocycles. The van der Waals surface area contributed by atoms with E-state index in [0.29, 0.717) is 0 Å². The smallest absolute Gasteiger partial charge is 0.144 e. The highest BCUT2D eigenvalue weighted by molar-refractivity contribution is 8.00. The van der Waals surface area contributed by atoms with Crippen LogP contribution in [0.3, 0.4) is 0 Å². The number of ether oxygens (including phenoxy) is 1. The van der Waals surface area contributed by atoms with Crippen LogP contribution >= 0.6 is 11.8 Å². The van der Waals surface area contributed by atoms with Crippen LogP contribution in [0.1, 0.15) is 26.7 Å². The van der Waals surface area contributed by atoms with Crippen molar-refractivity contribution in [1.29, 1.82) is 0 Å². The van der Waals surface area contributed by atoms with E-state index in [1.165, 1.54) is 17.9 Å². The molecule has 2 rings (SSSR count). The van der Waals surface area contributed by atoms with Crippen molar-refractivity contribution in [1.82, 2.24) is 0 Å². The quantitative estimate of drug-likeness (QED) is 0.839.